The third-order valence-corrected chi connectivity index (χ3v) is 2.17. The molecule has 0 aliphatic carbocycles. The number of hydrogen-bond donors (Lipinski definition) is 4. The van der Waals surface area contributed by atoms with Crippen LogP contribution in [0.25, 0.3) is 0 Å². The standard InChI is InChI=1S/C10H16N2O8.Pr/c13-7(14)3-11(4-8(15)16)1-2-12(5-9(17)18)6-10(19)20;/h1-6H2,(H,13,14)(H,15,16)(H,17,18)(H,19,20);. The van der Waals surface area contributed by atoms with Gasteiger partial charge in [-0.25, -0.2) is 0 Å². The van der Waals surface area contributed by atoms with Gasteiger partial charge in [-0.15, -0.1) is 0 Å². The molecule has 0 heterocycles. The Hall–Kier alpha value is -0.836. The predicted octanol–water partition coefficient (Wildman–Crippen LogP) is -2.07. The summed E-state index contributed by atoms with van der Waals surface area (Å²) in [6, 6.07) is 0. The minimum atomic E-state index is -1.23. The monoisotopic (exact) mass is 433 g/mol. The smallest absolute Gasteiger partial charge is 0.317 e. The number of carbonyl (C=O) groups is 4. The first-order valence-electron chi connectivity index (χ1n) is 5.52. The topological polar surface area (TPSA) is 156 Å². The summed E-state index contributed by atoms with van der Waals surface area (Å²) in [5.41, 5.74) is 0. The summed E-state index contributed by atoms with van der Waals surface area (Å²) in [4.78, 5) is 44.4. The van der Waals surface area contributed by atoms with Crippen LogP contribution in [0.4, 0.5) is 0 Å². The van der Waals surface area contributed by atoms with Crippen LogP contribution in [-0.4, -0.2) is 93.4 Å². The van der Waals surface area contributed by atoms with Gasteiger partial charge in [0.1, 0.15) is 0 Å². The van der Waals surface area contributed by atoms with Crippen molar-refractivity contribution in [3.63, 3.8) is 0 Å². The number of hydrogen-bond acceptors (Lipinski definition) is 6. The summed E-state index contributed by atoms with van der Waals surface area (Å²) in [5, 5.41) is 34.5. The van der Waals surface area contributed by atoms with Gasteiger partial charge in [0.2, 0.25) is 0 Å². The van der Waals surface area contributed by atoms with Gasteiger partial charge in [0, 0.05) is 54.4 Å². The van der Waals surface area contributed by atoms with E-state index in [-0.39, 0.29) is 54.4 Å². The van der Waals surface area contributed by atoms with Gasteiger partial charge in [0.25, 0.3) is 0 Å². The van der Waals surface area contributed by atoms with E-state index in [1.54, 1.807) is 0 Å². The second-order valence-corrected chi connectivity index (χ2v) is 4.00. The first-order chi connectivity index (χ1) is 9.20. The molecule has 0 unspecified atom stereocenters. The molecular weight excluding hydrogens is 417 g/mol. The summed E-state index contributed by atoms with van der Waals surface area (Å²) in [6.45, 7) is -2.25. The van der Waals surface area contributed by atoms with Crippen LogP contribution in [0.5, 0.6) is 0 Å². The molecule has 10 nitrogen and oxygen atoms in total. The molecule has 0 saturated carbocycles. The Labute approximate surface area is 153 Å². The summed E-state index contributed by atoms with van der Waals surface area (Å²) < 4.78 is 0. The van der Waals surface area contributed by atoms with Gasteiger partial charge in [0.15, 0.2) is 0 Å². The third-order valence-electron chi connectivity index (χ3n) is 2.17. The normalized spacial score (nSPS) is 10.2. The first kappa shape index (κ1) is 22.4. The molecule has 0 aliphatic heterocycles. The maximum absolute atomic E-state index is 10.6. The van der Waals surface area contributed by atoms with Crippen molar-refractivity contribution in [3.05, 3.63) is 0 Å². The average molecular weight is 433 g/mol. The van der Waals surface area contributed by atoms with E-state index >= 15 is 0 Å². The second-order valence-electron chi connectivity index (χ2n) is 4.00. The van der Waals surface area contributed by atoms with E-state index in [0.717, 1.165) is 9.80 Å². The minimum Gasteiger partial charge on any atom is -0.480 e. The van der Waals surface area contributed by atoms with Gasteiger partial charge in [-0.3, -0.25) is 29.0 Å². The Bertz CT molecular complexity index is 321. The maximum Gasteiger partial charge on any atom is 0.317 e. The van der Waals surface area contributed by atoms with Crippen LogP contribution in [-0.2, 0) is 19.2 Å². The molecule has 0 aliphatic rings. The van der Waals surface area contributed by atoms with Gasteiger partial charge in [-0.2, -0.15) is 0 Å². The molecule has 0 saturated heterocycles. The molecule has 4 N–H and O–H groups in total. The number of rotatable bonds is 11. The fraction of sp³-hybridized carbons (Fsp3) is 0.600. The summed E-state index contributed by atoms with van der Waals surface area (Å²) in [5.74, 6) is -4.91. The molecule has 11 heteroatoms. The molecule has 0 atom stereocenters. The van der Waals surface area contributed by atoms with Gasteiger partial charge in [-0.1, -0.05) is 0 Å². The van der Waals surface area contributed by atoms with Crippen molar-refractivity contribution in [2.45, 2.75) is 0 Å². The molecule has 0 aromatic rings. The molecule has 0 fully saturated rings. The Morgan fingerprint density at radius 1 is 0.571 bits per heavy atom. The summed E-state index contributed by atoms with van der Waals surface area (Å²) >= 11 is 0. The summed E-state index contributed by atoms with van der Waals surface area (Å²) in [6.07, 6.45) is 0. The zero-order valence-electron chi connectivity index (χ0n) is 11.1. The van der Waals surface area contributed by atoms with Crippen molar-refractivity contribution < 1.29 is 80.9 Å². The second kappa shape index (κ2) is 11.8. The van der Waals surface area contributed by atoms with Crippen LogP contribution in [0.2, 0.25) is 0 Å². The van der Waals surface area contributed by atoms with Crippen LogP contribution >= 0.6 is 0 Å². The van der Waals surface area contributed by atoms with Crippen molar-refractivity contribution in [3.8, 4) is 0 Å². The van der Waals surface area contributed by atoms with Crippen LogP contribution < -0.4 is 0 Å². The zero-order valence-corrected chi connectivity index (χ0v) is 14.8. The first-order valence-corrected chi connectivity index (χ1v) is 5.52. The maximum atomic E-state index is 10.6. The number of carboxylic acid groups (broad SMARTS) is 4. The van der Waals surface area contributed by atoms with E-state index in [1.165, 1.54) is 0 Å². The van der Waals surface area contributed by atoms with Crippen LogP contribution in [0.1, 0.15) is 0 Å². The van der Waals surface area contributed by atoms with Crippen molar-refractivity contribution >= 4 is 23.9 Å². The molecule has 0 aromatic heterocycles. The third kappa shape index (κ3) is 13.9. The van der Waals surface area contributed by atoms with Crippen LogP contribution in [0, 0.1) is 41.3 Å². The van der Waals surface area contributed by atoms with Crippen LogP contribution in [0.3, 0.4) is 0 Å². The van der Waals surface area contributed by atoms with E-state index in [2.05, 4.69) is 0 Å². The van der Waals surface area contributed by atoms with Gasteiger partial charge in [0.05, 0.1) is 26.2 Å². The van der Waals surface area contributed by atoms with E-state index in [1.807, 2.05) is 0 Å². The zero-order chi connectivity index (χ0) is 15.7. The van der Waals surface area contributed by atoms with Crippen LogP contribution in [0.15, 0.2) is 0 Å². The van der Waals surface area contributed by atoms with Crippen molar-refractivity contribution in [1.29, 1.82) is 0 Å². The van der Waals surface area contributed by atoms with E-state index in [9.17, 15) is 19.2 Å². The number of aliphatic carboxylic acids is 4. The van der Waals surface area contributed by atoms with E-state index < -0.39 is 50.1 Å². The summed E-state index contributed by atoms with van der Waals surface area (Å²) in [7, 11) is 0. The number of carboxylic acids is 4. The Morgan fingerprint density at radius 2 is 0.762 bits per heavy atom. The quantitative estimate of drug-likeness (QED) is 0.286. The van der Waals surface area contributed by atoms with Crippen molar-refractivity contribution in [1.82, 2.24) is 9.80 Å². The Morgan fingerprint density at radius 3 is 0.905 bits per heavy atom. The largest absolute Gasteiger partial charge is 0.480 e. The van der Waals surface area contributed by atoms with E-state index in [4.69, 9.17) is 20.4 Å². The molecule has 117 valence electrons. The molecule has 0 rings (SSSR count). The van der Waals surface area contributed by atoms with Gasteiger partial charge in [-0.05, 0) is 0 Å². The Balaban J connectivity index is 0. The van der Waals surface area contributed by atoms with E-state index in [0.29, 0.717) is 0 Å². The van der Waals surface area contributed by atoms with Crippen molar-refractivity contribution in [2.24, 2.45) is 0 Å². The molecule has 21 heavy (non-hydrogen) atoms. The molecule has 0 amide bonds. The Kier molecular flexibility index (Phi) is 12.6. The molecule has 1 radical (unpaired) electrons. The van der Waals surface area contributed by atoms with Gasteiger partial charge < -0.3 is 20.4 Å². The SMILES string of the molecule is O=C(O)CN(CCN(CC(=O)O)CC(=O)O)CC(=O)O.[Pr]. The molecule has 0 bridgehead atoms. The fourth-order valence-electron chi connectivity index (χ4n) is 1.48. The molecule has 0 aromatic carbocycles. The number of nitrogens with zero attached hydrogens (tertiary/aromatic N) is 2. The average Bonchev–Trinajstić information content (AvgIpc) is 2.22. The van der Waals surface area contributed by atoms with Crippen molar-refractivity contribution in [2.75, 3.05) is 39.3 Å². The predicted molar refractivity (Wildman–Crippen MR) is 63.4 cm³/mol. The molecular formula is C10H16N2O8Pr. The van der Waals surface area contributed by atoms with Gasteiger partial charge >= 0.3 is 23.9 Å². The molecule has 0 spiro atoms. The fourth-order valence-corrected chi connectivity index (χ4v) is 1.48. The minimum absolute atomic E-state index is 0.